The Labute approximate surface area is 157 Å². The number of aliphatic hydroxyl groups is 1. The summed E-state index contributed by atoms with van der Waals surface area (Å²) in [6, 6.07) is 0. The molecule has 4 aliphatic heterocycles. The molecule has 27 heavy (non-hydrogen) atoms. The molecule has 7 heteroatoms. The molecule has 7 atom stereocenters. The van der Waals surface area contributed by atoms with E-state index in [1.165, 1.54) is 0 Å². The van der Waals surface area contributed by atoms with Gasteiger partial charge in [0.25, 0.3) is 0 Å². The third-order valence-corrected chi connectivity index (χ3v) is 6.10. The van der Waals surface area contributed by atoms with Gasteiger partial charge in [-0.25, -0.2) is 9.59 Å². The van der Waals surface area contributed by atoms with Crippen molar-refractivity contribution in [2.24, 2.45) is 5.92 Å². The maximum atomic E-state index is 12.7. The number of carbonyl (C=O) groups is 2. The van der Waals surface area contributed by atoms with E-state index in [0.29, 0.717) is 5.57 Å². The van der Waals surface area contributed by atoms with Crippen molar-refractivity contribution >= 4 is 11.9 Å². The highest BCUT2D eigenvalue weighted by Crippen LogP contribution is 2.45. The molecule has 2 fully saturated rings. The van der Waals surface area contributed by atoms with E-state index < -0.39 is 47.1 Å². The Kier molecular flexibility index (Phi) is 3.77. The van der Waals surface area contributed by atoms with E-state index in [9.17, 15) is 14.7 Å². The van der Waals surface area contributed by atoms with Crippen molar-refractivity contribution in [3.63, 3.8) is 0 Å². The number of hydrogen-bond donors (Lipinski definition) is 1. The van der Waals surface area contributed by atoms with E-state index in [-0.39, 0.29) is 18.1 Å². The third kappa shape index (κ3) is 2.76. The van der Waals surface area contributed by atoms with Crippen LogP contribution >= 0.6 is 0 Å². The van der Waals surface area contributed by atoms with Gasteiger partial charge in [-0.05, 0) is 45.4 Å². The fourth-order valence-corrected chi connectivity index (χ4v) is 4.02. The molecule has 0 radical (unpaired) electrons. The summed E-state index contributed by atoms with van der Waals surface area (Å²) in [5.41, 5.74) is -1.13. The van der Waals surface area contributed by atoms with Crippen molar-refractivity contribution in [3.8, 4) is 0 Å². The zero-order chi connectivity index (χ0) is 19.8. The predicted molar refractivity (Wildman–Crippen MR) is 93.3 cm³/mol. The Morgan fingerprint density at radius 3 is 2.67 bits per heavy atom. The molecule has 7 nitrogen and oxygen atoms in total. The van der Waals surface area contributed by atoms with Gasteiger partial charge in [0.15, 0.2) is 5.60 Å². The third-order valence-electron chi connectivity index (χ3n) is 6.10. The fraction of sp³-hybridized carbons (Fsp3) is 0.600. The molecule has 0 spiro atoms. The molecular formula is C20H24O7. The van der Waals surface area contributed by atoms with Crippen LogP contribution in [-0.2, 0) is 28.5 Å². The lowest BCUT2D eigenvalue weighted by atomic mass is 9.83. The number of carbonyl (C=O) groups excluding carboxylic acids is 2. The van der Waals surface area contributed by atoms with Gasteiger partial charge in [0.1, 0.15) is 12.2 Å². The molecule has 0 saturated carbocycles. The Bertz CT molecular complexity index is 798. The number of hydrogen-bond acceptors (Lipinski definition) is 7. The van der Waals surface area contributed by atoms with Crippen LogP contribution in [0.4, 0.5) is 0 Å². The second-order valence-electron chi connectivity index (χ2n) is 8.23. The average molecular weight is 376 g/mol. The Balaban J connectivity index is 1.72. The normalized spacial score (nSPS) is 50.0. The summed E-state index contributed by atoms with van der Waals surface area (Å²) in [6.45, 7) is 10.8. The molecule has 0 amide bonds. The lowest BCUT2D eigenvalue weighted by molar-refractivity contribution is -0.190. The minimum absolute atomic E-state index is 0.229. The van der Waals surface area contributed by atoms with Crippen LogP contribution in [-0.4, -0.2) is 52.3 Å². The van der Waals surface area contributed by atoms with Gasteiger partial charge in [0, 0.05) is 12.0 Å². The molecule has 4 heterocycles. The largest absolute Gasteiger partial charge is 0.459 e. The van der Waals surface area contributed by atoms with E-state index >= 15 is 0 Å². The first-order chi connectivity index (χ1) is 12.5. The summed E-state index contributed by atoms with van der Waals surface area (Å²) < 4.78 is 22.5. The Morgan fingerprint density at radius 1 is 1.37 bits per heavy atom. The molecule has 0 unspecified atom stereocenters. The molecular weight excluding hydrogens is 352 g/mol. The SMILES string of the molecule is C=C1C(=O)O[C@@H]2/C=C(/C)[C@@]3(O)C=C[C@@](C)(C[C@@H](OC(=O)[C@@]4(C)O[C@H]4C)[C@@H]12)O3. The zero-order valence-electron chi connectivity index (χ0n) is 15.9. The molecule has 4 aliphatic rings. The van der Waals surface area contributed by atoms with Crippen LogP contribution in [0.5, 0.6) is 0 Å². The van der Waals surface area contributed by atoms with Crippen molar-refractivity contribution < 1.29 is 33.6 Å². The zero-order valence-corrected chi connectivity index (χ0v) is 15.9. The van der Waals surface area contributed by atoms with E-state index in [1.54, 1.807) is 45.9 Å². The van der Waals surface area contributed by atoms with Gasteiger partial charge in [-0.1, -0.05) is 12.7 Å². The van der Waals surface area contributed by atoms with Crippen LogP contribution in [0.3, 0.4) is 0 Å². The maximum Gasteiger partial charge on any atom is 0.341 e. The first-order valence-corrected chi connectivity index (χ1v) is 9.08. The molecule has 0 aliphatic carbocycles. The van der Waals surface area contributed by atoms with E-state index in [2.05, 4.69) is 6.58 Å². The standard InChI is InChI=1S/C20H24O7/c1-10-8-13-15(11(2)16(21)24-13)14(25-17(22)19(5)12(3)26-19)9-18(4)6-7-20(10,23)27-18/h6-8,12-15,23H,2,9H2,1,3-5H3/b10-8-/t12-,13+,14+,15-,18-,19-,20+/m0/s1. The van der Waals surface area contributed by atoms with Crippen molar-refractivity contribution in [1.82, 2.24) is 0 Å². The van der Waals surface area contributed by atoms with E-state index in [0.717, 1.165) is 0 Å². The number of fused-ring (bicyclic) bond motifs is 3. The Hall–Kier alpha value is -1.96. The first kappa shape index (κ1) is 18.4. The quantitative estimate of drug-likeness (QED) is 0.338. The number of epoxide rings is 1. The van der Waals surface area contributed by atoms with Gasteiger partial charge >= 0.3 is 11.9 Å². The minimum atomic E-state index is -1.59. The summed E-state index contributed by atoms with van der Waals surface area (Å²) in [4.78, 5) is 24.8. The van der Waals surface area contributed by atoms with Crippen LogP contribution in [0, 0.1) is 5.92 Å². The van der Waals surface area contributed by atoms with Gasteiger partial charge in [0.2, 0.25) is 5.79 Å². The summed E-state index contributed by atoms with van der Waals surface area (Å²) in [5.74, 6) is -3.18. The molecule has 4 rings (SSSR count). The fourth-order valence-electron chi connectivity index (χ4n) is 4.02. The number of rotatable bonds is 2. The second kappa shape index (κ2) is 5.53. The van der Waals surface area contributed by atoms with Gasteiger partial charge in [-0.2, -0.15) is 0 Å². The number of ether oxygens (including phenoxy) is 4. The lowest BCUT2D eigenvalue weighted by Gasteiger charge is -2.33. The van der Waals surface area contributed by atoms with Crippen LogP contribution < -0.4 is 0 Å². The first-order valence-electron chi connectivity index (χ1n) is 9.08. The summed E-state index contributed by atoms with van der Waals surface area (Å²) in [5, 5.41) is 10.8. The molecule has 146 valence electrons. The van der Waals surface area contributed by atoms with Gasteiger partial charge in [-0.15, -0.1) is 0 Å². The van der Waals surface area contributed by atoms with Crippen molar-refractivity contribution in [2.75, 3.05) is 0 Å². The van der Waals surface area contributed by atoms with Crippen LogP contribution in [0.2, 0.25) is 0 Å². The lowest BCUT2D eigenvalue weighted by Crippen LogP contribution is -2.42. The topological polar surface area (TPSA) is 94.6 Å². The monoisotopic (exact) mass is 376 g/mol. The summed E-state index contributed by atoms with van der Waals surface area (Å²) in [6.07, 6.45) is 3.54. The minimum Gasteiger partial charge on any atom is -0.459 e. The van der Waals surface area contributed by atoms with Gasteiger partial charge < -0.3 is 24.1 Å². The number of esters is 2. The van der Waals surface area contributed by atoms with Gasteiger partial charge in [-0.3, -0.25) is 0 Å². The molecule has 1 N–H and O–H groups in total. The van der Waals surface area contributed by atoms with Gasteiger partial charge in [0.05, 0.1) is 17.6 Å². The highest BCUT2D eigenvalue weighted by atomic mass is 16.7. The van der Waals surface area contributed by atoms with Crippen LogP contribution in [0.15, 0.2) is 36.0 Å². The predicted octanol–water partition coefficient (Wildman–Crippen LogP) is 1.56. The van der Waals surface area contributed by atoms with Crippen molar-refractivity contribution in [3.05, 3.63) is 36.0 Å². The van der Waals surface area contributed by atoms with Crippen LogP contribution in [0.1, 0.15) is 34.1 Å². The van der Waals surface area contributed by atoms with Crippen molar-refractivity contribution in [1.29, 1.82) is 0 Å². The summed E-state index contributed by atoms with van der Waals surface area (Å²) >= 11 is 0. The second-order valence-corrected chi connectivity index (χ2v) is 8.23. The molecule has 0 aromatic heterocycles. The molecule has 2 saturated heterocycles. The molecule has 0 aromatic rings. The van der Waals surface area contributed by atoms with E-state index in [1.807, 2.05) is 0 Å². The molecule has 2 bridgehead atoms. The Morgan fingerprint density at radius 2 is 2.04 bits per heavy atom. The maximum absolute atomic E-state index is 12.7. The highest BCUT2D eigenvalue weighted by molar-refractivity contribution is 5.91. The average Bonchev–Trinajstić information content (AvgIpc) is 2.91. The van der Waals surface area contributed by atoms with E-state index in [4.69, 9.17) is 18.9 Å². The highest BCUT2D eigenvalue weighted by Gasteiger charge is 2.59. The van der Waals surface area contributed by atoms with Crippen molar-refractivity contribution in [2.45, 2.75) is 69.4 Å². The smallest absolute Gasteiger partial charge is 0.341 e. The summed E-state index contributed by atoms with van der Waals surface area (Å²) in [7, 11) is 0. The van der Waals surface area contributed by atoms with Crippen LogP contribution in [0.25, 0.3) is 0 Å². The molecule has 0 aromatic carbocycles.